The summed E-state index contributed by atoms with van der Waals surface area (Å²) in [6, 6.07) is 0.352. The highest BCUT2D eigenvalue weighted by Gasteiger charge is 2.32. The fourth-order valence-corrected chi connectivity index (χ4v) is 2.94. The fourth-order valence-electron chi connectivity index (χ4n) is 2.94. The van der Waals surface area contributed by atoms with Gasteiger partial charge >= 0.3 is 0 Å². The summed E-state index contributed by atoms with van der Waals surface area (Å²) in [5.41, 5.74) is 1.07. The number of nitrogens with one attached hydrogen (secondary N) is 1. The smallest absolute Gasteiger partial charge is 0.161 e. The minimum atomic E-state index is 0.0687. The third-order valence-electron chi connectivity index (χ3n) is 4.11. The molecule has 2 heterocycles. The Hall–Kier alpha value is -1.11. The third-order valence-corrected chi connectivity index (χ3v) is 4.11. The molecule has 0 aliphatic carbocycles. The molecule has 6 heteroatoms. The van der Waals surface area contributed by atoms with E-state index < -0.39 is 0 Å². The molecule has 6 nitrogen and oxygen atoms in total. The van der Waals surface area contributed by atoms with Crippen LogP contribution in [-0.2, 0) is 4.74 Å². The molecular formula is C15H28N4O2. The second-order valence-electron chi connectivity index (χ2n) is 5.71. The molecule has 1 aliphatic rings. The highest BCUT2D eigenvalue weighted by atomic mass is 16.5. The summed E-state index contributed by atoms with van der Waals surface area (Å²) in [4.78, 5) is 2.42. The van der Waals surface area contributed by atoms with E-state index in [0.29, 0.717) is 0 Å². The Bertz CT molecular complexity index is 447. The van der Waals surface area contributed by atoms with Crippen molar-refractivity contribution in [2.45, 2.75) is 39.0 Å². The molecule has 1 aromatic heterocycles. The van der Waals surface area contributed by atoms with Gasteiger partial charge in [-0.1, -0.05) is 6.92 Å². The maximum absolute atomic E-state index is 6.02. The predicted octanol–water partition coefficient (Wildman–Crippen LogP) is 1.45. The first-order chi connectivity index (χ1) is 10.1. The minimum Gasteiger partial charge on any atom is -0.493 e. The van der Waals surface area contributed by atoms with Gasteiger partial charge in [-0.25, -0.2) is 0 Å². The molecule has 120 valence electrons. The molecule has 1 fully saturated rings. The zero-order valence-electron chi connectivity index (χ0n) is 13.8. The van der Waals surface area contributed by atoms with Crippen molar-refractivity contribution in [3.05, 3.63) is 11.9 Å². The van der Waals surface area contributed by atoms with Crippen molar-refractivity contribution in [2.75, 3.05) is 40.4 Å². The molecule has 2 unspecified atom stereocenters. The number of ether oxygens (including phenoxy) is 2. The van der Waals surface area contributed by atoms with E-state index in [9.17, 15) is 0 Å². The largest absolute Gasteiger partial charge is 0.493 e. The standard InChI is InChI=1S/C15H28N4O2/c1-6-18-7-8-21-13(10-18)14(16-4)15-12(20-5)9-17-19(15)11(2)3/h9,11,13-14,16H,6-8,10H2,1-5H3. The number of methoxy groups -OCH3 is 1. The molecule has 2 atom stereocenters. The van der Waals surface area contributed by atoms with E-state index in [-0.39, 0.29) is 18.2 Å². The molecule has 1 aliphatic heterocycles. The van der Waals surface area contributed by atoms with Gasteiger partial charge in [0.1, 0.15) is 5.69 Å². The number of likely N-dealkylation sites (N-methyl/N-ethyl adjacent to an activating group) is 2. The fraction of sp³-hybridized carbons (Fsp3) is 0.800. The molecule has 21 heavy (non-hydrogen) atoms. The Morgan fingerprint density at radius 2 is 2.29 bits per heavy atom. The number of hydrogen-bond acceptors (Lipinski definition) is 5. The van der Waals surface area contributed by atoms with Crippen LogP contribution < -0.4 is 10.1 Å². The number of aromatic nitrogens is 2. The first-order valence-electron chi connectivity index (χ1n) is 7.74. The first kappa shape index (κ1) is 16.3. The second-order valence-corrected chi connectivity index (χ2v) is 5.71. The van der Waals surface area contributed by atoms with Crippen LogP contribution in [0.1, 0.15) is 38.5 Å². The van der Waals surface area contributed by atoms with E-state index in [1.165, 1.54) is 0 Å². The lowest BCUT2D eigenvalue weighted by Gasteiger charge is -2.37. The Morgan fingerprint density at radius 3 is 2.86 bits per heavy atom. The lowest BCUT2D eigenvalue weighted by atomic mass is 10.0. The van der Waals surface area contributed by atoms with Crippen LogP contribution in [0.2, 0.25) is 0 Å². The summed E-state index contributed by atoms with van der Waals surface area (Å²) < 4.78 is 13.6. The number of hydrogen-bond donors (Lipinski definition) is 1. The van der Waals surface area contributed by atoms with Gasteiger partial charge in [0.15, 0.2) is 5.75 Å². The molecule has 1 aromatic rings. The van der Waals surface area contributed by atoms with Crippen LogP contribution in [0.4, 0.5) is 0 Å². The van der Waals surface area contributed by atoms with E-state index in [1.54, 1.807) is 13.3 Å². The highest BCUT2D eigenvalue weighted by molar-refractivity contribution is 5.30. The van der Waals surface area contributed by atoms with Crippen LogP contribution in [0.25, 0.3) is 0 Å². The zero-order valence-corrected chi connectivity index (χ0v) is 13.8. The Labute approximate surface area is 127 Å². The molecule has 0 radical (unpaired) electrons. The summed E-state index contributed by atoms with van der Waals surface area (Å²) in [6.07, 6.45) is 1.90. The van der Waals surface area contributed by atoms with E-state index in [2.05, 4.69) is 36.1 Å². The van der Waals surface area contributed by atoms with Crippen molar-refractivity contribution in [2.24, 2.45) is 0 Å². The van der Waals surface area contributed by atoms with Gasteiger partial charge in [0.05, 0.1) is 32.1 Å². The van der Waals surface area contributed by atoms with E-state index in [1.807, 2.05) is 11.7 Å². The summed E-state index contributed by atoms with van der Waals surface area (Å²) >= 11 is 0. The lowest BCUT2D eigenvalue weighted by molar-refractivity contribution is -0.0462. The van der Waals surface area contributed by atoms with Crippen LogP contribution >= 0.6 is 0 Å². The van der Waals surface area contributed by atoms with Gasteiger partial charge in [0.2, 0.25) is 0 Å². The number of morpholine rings is 1. The molecular weight excluding hydrogens is 268 g/mol. The predicted molar refractivity (Wildman–Crippen MR) is 82.8 cm³/mol. The van der Waals surface area contributed by atoms with Gasteiger partial charge in [-0.15, -0.1) is 0 Å². The summed E-state index contributed by atoms with van der Waals surface area (Å²) in [6.45, 7) is 10.2. The van der Waals surface area contributed by atoms with E-state index in [4.69, 9.17) is 9.47 Å². The minimum absolute atomic E-state index is 0.0687. The van der Waals surface area contributed by atoms with Crippen LogP contribution in [0.15, 0.2) is 6.20 Å². The van der Waals surface area contributed by atoms with Crippen molar-refractivity contribution >= 4 is 0 Å². The zero-order chi connectivity index (χ0) is 15.4. The monoisotopic (exact) mass is 296 g/mol. The third kappa shape index (κ3) is 3.39. The van der Waals surface area contributed by atoms with Gasteiger partial charge < -0.3 is 14.8 Å². The molecule has 1 saturated heterocycles. The van der Waals surface area contributed by atoms with Crippen molar-refractivity contribution in [3.8, 4) is 5.75 Å². The molecule has 0 bridgehead atoms. The summed E-state index contributed by atoms with van der Waals surface area (Å²) in [5, 5.41) is 7.87. The van der Waals surface area contributed by atoms with Gasteiger partial charge in [-0.3, -0.25) is 9.58 Å². The average Bonchev–Trinajstić information content (AvgIpc) is 2.92. The second kappa shape index (κ2) is 7.24. The van der Waals surface area contributed by atoms with Crippen molar-refractivity contribution < 1.29 is 9.47 Å². The van der Waals surface area contributed by atoms with Crippen LogP contribution in [0, 0.1) is 0 Å². The Balaban J connectivity index is 2.30. The van der Waals surface area contributed by atoms with E-state index >= 15 is 0 Å². The molecule has 1 N–H and O–H groups in total. The quantitative estimate of drug-likeness (QED) is 0.861. The van der Waals surface area contributed by atoms with Crippen LogP contribution in [0.3, 0.4) is 0 Å². The van der Waals surface area contributed by atoms with Crippen LogP contribution in [0.5, 0.6) is 5.75 Å². The SMILES string of the molecule is CCN1CCOC(C(NC)c2c(OC)cnn2C(C)C)C1. The molecule has 0 amide bonds. The van der Waals surface area contributed by atoms with Gasteiger partial charge in [0, 0.05) is 19.1 Å². The molecule has 0 spiro atoms. The highest BCUT2D eigenvalue weighted by Crippen LogP contribution is 2.31. The lowest BCUT2D eigenvalue weighted by Crippen LogP contribution is -2.48. The summed E-state index contributed by atoms with van der Waals surface area (Å²) in [7, 11) is 3.66. The Kier molecular flexibility index (Phi) is 5.61. The van der Waals surface area contributed by atoms with Gasteiger partial charge in [0.25, 0.3) is 0 Å². The van der Waals surface area contributed by atoms with E-state index in [0.717, 1.165) is 37.7 Å². The Morgan fingerprint density at radius 1 is 1.52 bits per heavy atom. The molecule has 2 rings (SSSR count). The molecule has 0 aromatic carbocycles. The normalized spacial score (nSPS) is 21.7. The summed E-state index contributed by atoms with van der Waals surface area (Å²) in [5.74, 6) is 0.820. The maximum atomic E-state index is 6.02. The van der Waals surface area contributed by atoms with Gasteiger partial charge in [-0.05, 0) is 27.4 Å². The molecule has 0 saturated carbocycles. The van der Waals surface area contributed by atoms with Crippen LogP contribution in [-0.4, -0.2) is 61.2 Å². The van der Waals surface area contributed by atoms with Gasteiger partial charge in [-0.2, -0.15) is 5.10 Å². The van der Waals surface area contributed by atoms with Crippen molar-refractivity contribution in [1.29, 1.82) is 0 Å². The first-order valence-corrected chi connectivity index (χ1v) is 7.74. The topological polar surface area (TPSA) is 51.6 Å². The number of nitrogens with zero attached hydrogens (tertiary/aromatic N) is 3. The van der Waals surface area contributed by atoms with Crippen molar-refractivity contribution in [3.63, 3.8) is 0 Å². The maximum Gasteiger partial charge on any atom is 0.161 e. The number of rotatable bonds is 6. The van der Waals surface area contributed by atoms with Crippen molar-refractivity contribution in [1.82, 2.24) is 20.0 Å². The average molecular weight is 296 g/mol.